The number of carbonyl (C=O) groups is 1. The van der Waals surface area contributed by atoms with E-state index in [-0.39, 0.29) is 17.5 Å². The fourth-order valence-corrected chi connectivity index (χ4v) is 3.60. The highest BCUT2D eigenvalue weighted by Gasteiger charge is 2.15. The van der Waals surface area contributed by atoms with Gasteiger partial charge in [-0.05, 0) is 37.1 Å². The average Bonchev–Trinajstić information content (AvgIpc) is 3.09. The van der Waals surface area contributed by atoms with Crippen LogP contribution in [0.1, 0.15) is 24.5 Å². The summed E-state index contributed by atoms with van der Waals surface area (Å²) >= 11 is 1.37. The largest absolute Gasteiger partial charge is 0.351 e. The lowest BCUT2D eigenvalue weighted by molar-refractivity contribution is -0.118. The SMILES string of the molecule is CCCn1c(SCC(=O)NCc2ccc(F)cc2)nnc1-c1cccc(C)c1. The van der Waals surface area contributed by atoms with E-state index in [2.05, 4.69) is 33.1 Å². The summed E-state index contributed by atoms with van der Waals surface area (Å²) in [6.07, 6.45) is 0.946. The molecule has 0 atom stereocenters. The van der Waals surface area contributed by atoms with Gasteiger partial charge in [0.1, 0.15) is 5.82 Å². The molecule has 1 heterocycles. The first-order valence-electron chi connectivity index (χ1n) is 9.21. The molecule has 3 rings (SSSR count). The summed E-state index contributed by atoms with van der Waals surface area (Å²) < 4.78 is 15.0. The van der Waals surface area contributed by atoms with Crippen LogP contribution in [0, 0.1) is 12.7 Å². The molecule has 0 aliphatic carbocycles. The fourth-order valence-electron chi connectivity index (χ4n) is 2.80. The minimum atomic E-state index is -0.287. The number of benzene rings is 2. The van der Waals surface area contributed by atoms with Crippen molar-refractivity contribution in [1.29, 1.82) is 0 Å². The second-order valence-corrected chi connectivity index (χ2v) is 7.46. The Balaban J connectivity index is 1.63. The maximum Gasteiger partial charge on any atom is 0.230 e. The zero-order valence-electron chi connectivity index (χ0n) is 16.0. The highest BCUT2D eigenvalue weighted by Crippen LogP contribution is 2.25. The smallest absolute Gasteiger partial charge is 0.230 e. The molecule has 0 unspecified atom stereocenters. The van der Waals surface area contributed by atoms with Gasteiger partial charge >= 0.3 is 0 Å². The van der Waals surface area contributed by atoms with Crippen LogP contribution in [-0.2, 0) is 17.9 Å². The van der Waals surface area contributed by atoms with Crippen LogP contribution in [0.15, 0.2) is 53.7 Å². The number of nitrogens with one attached hydrogen (secondary N) is 1. The first kappa shape index (κ1) is 20.1. The number of amides is 1. The first-order chi connectivity index (χ1) is 13.6. The Morgan fingerprint density at radius 1 is 1.18 bits per heavy atom. The summed E-state index contributed by atoms with van der Waals surface area (Å²) in [6.45, 7) is 5.31. The molecular formula is C21H23FN4OS. The van der Waals surface area contributed by atoms with Crippen LogP contribution >= 0.6 is 11.8 Å². The maximum atomic E-state index is 12.9. The van der Waals surface area contributed by atoms with Crippen molar-refractivity contribution in [3.05, 3.63) is 65.5 Å². The Morgan fingerprint density at radius 3 is 2.68 bits per heavy atom. The van der Waals surface area contributed by atoms with E-state index in [1.165, 1.54) is 23.9 Å². The van der Waals surface area contributed by atoms with Gasteiger partial charge in [-0.3, -0.25) is 4.79 Å². The van der Waals surface area contributed by atoms with Gasteiger partial charge in [-0.15, -0.1) is 10.2 Å². The van der Waals surface area contributed by atoms with Gasteiger partial charge in [0.05, 0.1) is 5.75 Å². The topological polar surface area (TPSA) is 59.8 Å². The summed E-state index contributed by atoms with van der Waals surface area (Å²) in [5, 5.41) is 12.2. The quantitative estimate of drug-likeness (QED) is 0.578. The van der Waals surface area contributed by atoms with Crippen LogP contribution in [0.25, 0.3) is 11.4 Å². The molecule has 0 spiro atoms. The Bertz CT molecular complexity index is 940. The van der Waals surface area contributed by atoms with Gasteiger partial charge in [0.15, 0.2) is 11.0 Å². The number of halogens is 1. The monoisotopic (exact) mass is 398 g/mol. The molecule has 0 bridgehead atoms. The van der Waals surface area contributed by atoms with Crippen LogP contribution in [0.2, 0.25) is 0 Å². The molecule has 7 heteroatoms. The second kappa shape index (κ2) is 9.50. The molecule has 1 N–H and O–H groups in total. The lowest BCUT2D eigenvalue weighted by Gasteiger charge is -2.09. The van der Waals surface area contributed by atoms with Crippen molar-refractivity contribution in [3.63, 3.8) is 0 Å². The molecule has 0 aliphatic heterocycles. The van der Waals surface area contributed by atoms with Crippen molar-refractivity contribution in [2.45, 2.75) is 38.5 Å². The van der Waals surface area contributed by atoms with E-state index in [0.717, 1.165) is 40.6 Å². The molecule has 0 saturated carbocycles. The predicted octanol–water partition coefficient (Wildman–Crippen LogP) is 4.21. The molecule has 0 radical (unpaired) electrons. The van der Waals surface area contributed by atoms with Crippen LogP contribution in [-0.4, -0.2) is 26.4 Å². The Kier molecular flexibility index (Phi) is 6.81. The molecule has 0 saturated heterocycles. The van der Waals surface area contributed by atoms with Crippen LogP contribution < -0.4 is 5.32 Å². The lowest BCUT2D eigenvalue weighted by Crippen LogP contribution is -2.24. The number of hydrogen-bond donors (Lipinski definition) is 1. The molecular weight excluding hydrogens is 375 g/mol. The fraction of sp³-hybridized carbons (Fsp3) is 0.286. The molecule has 0 aliphatic rings. The molecule has 2 aromatic carbocycles. The number of nitrogens with zero attached hydrogens (tertiary/aromatic N) is 3. The third kappa shape index (κ3) is 5.19. The van der Waals surface area contributed by atoms with Gasteiger partial charge in [0.25, 0.3) is 0 Å². The normalized spacial score (nSPS) is 10.8. The third-order valence-corrected chi connectivity index (χ3v) is 5.14. The van der Waals surface area contributed by atoms with Crippen molar-refractivity contribution in [2.24, 2.45) is 0 Å². The van der Waals surface area contributed by atoms with E-state index in [4.69, 9.17) is 0 Å². The second-order valence-electron chi connectivity index (χ2n) is 6.52. The highest BCUT2D eigenvalue weighted by molar-refractivity contribution is 7.99. The maximum absolute atomic E-state index is 12.9. The van der Waals surface area contributed by atoms with Gasteiger partial charge < -0.3 is 9.88 Å². The Labute approximate surface area is 168 Å². The van der Waals surface area contributed by atoms with E-state index in [1.807, 2.05) is 25.1 Å². The number of carbonyl (C=O) groups excluding carboxylic acids is 1. The van der Waals surface area contributed by atoms with Gasteiger partial charge in [-0.1, -0.05) is 54.6 Å². The molecule has 28 heavy (non-hydrogen) atoms. The van der Waals surface area contributed by atoms with E-state index < -0.39 is 0 Å². The Morgan fingerprint density at radius 2 is 1.96 bits per heavy atom. The predicted molar refractivity (Wildman–Crippen MR) is 109 cm³/mol. The van der Waals surface area contributed by atoms with E-state index in [0.29, 0.717) is 6.54 Å². The first-order valence-corrected chi connectivity index (χ1v) is 10.2. The molecule has 146 valence electrons. The standard InChI is InChI=1S/C21H23FN4OS/c1-3-11-26-20(17-6-4-5-15(2)12-17)24-25-21(26)28-14-19(27)23-13-16-7-9-18(22)10-8-16/h4-10,12H,3,11,13-14H2,1-2H3,(H,23,27). The van der Waals surface area contributed by atoms with Gasteiger partial charge in [0, 0.05) is 18.7 Å². The molecule has 5 nitrogen and oxygen atoms in total. The van der Waals surface area contributed by atoms with Crippen molar-refractivity contribution in [3.8, 4) is 11.4 Å². The highest BCUT2D eigenvalue weighted by atomic mass is 32.2. The molecule has 1 aromatic heterocycles. The number of rotatable bonds is 8. The molecule has 3 aromatic rings. The number of hydrogen-bond acceptors (Lipinski definition) is 4. The summed E-state index contributed by atoms with van der Waals surface area (Å²) in [5.74, 6) is 0.680. The van der Waals surface area contributed by atoms with Gasteiger partial charge in [-0.25, -0.2) is 4.39 Å². The number of aromatic nitrogens is 3. The van der Waals surface area contributed by atoms with Crippen molar-refractivity contribution in [2.75, 3.05) is 5.75 Å². The van der Waals surface area contributed by atoms with E-state index >= 15 is 0 Å². The van der Waals surface area contributed by atoms with E-state index in [1.54, 1.807) is 12.1 Å². The summed E-state index contributed by atoms with van der Waals surface area (Å²) in [5.41, 5.74) is 3.04. The zero-order chi connectivity index (χ0) is 19.9. The minimum absolute atomic E-state index is 0.0996. The van der Waals surface area contributed by atoms with Crippen LogP contribution in [0.5, 0.6) is 0 Å². The number of aryl methyl sites for hydroxylation is 1. The molecule has 1 amide bonds. The van der Waals surface area contributed by atoms with Gasteiger partial charge in [0.2, 0.25) is 5.91 Å². The van der Waals surface area contributed by atoms with Crippen LogP contribution in [0.4, 0.5) is 4.39 Å². The van der Waals surface area contributed by atoms with Crippen molar-refractivity contribution >= 4 is 17.7 Å². The molecule has 0 fully saturated rings. The lowest BCUT2D eigenvalue weighted by atomic mass is 10.1. The summed E-state index contributed by atoms with van der Waals surface area (Å²) in [6, 6.07) is 14.2. The summed E-state index contributed by atoms with van der Waals surface area (Å²) in [4.78, 5) is 12.2. The Hall–Kier alpha value is -2.67. The van der Waals surface area contributed by atoms with E-state index in [9.17, 15) is 9.18 Å². The zero-order valence-corrected chi connectivity index (χ0v) is 16.8. The van der Waals surface area contributed by atoms with Crippen molar-refractivity contribution < 1.29 is 9.18 Å². The average molecular weight is 399 g/mol. The van der Waals surface area contributed by atoms with Crippen LogP contribution in [0.3, 0.4) is 0 Å². The minimum Gasteiger partial charge on any atom is -0.351 e. The summed E-state index contributed by atoms with van der Waals surface area (Å²) in [7, 11) is 0. The third-order valence-electron chi connectivity index (χ3n) is 4.18. The van der Waals surface area contributed by atoms with Gasteiger partial charge in [-0.2, -0.15) is 0 Å². The number of thioether (sulfide) groups is 1. The van der Waals surface area contributed by atoms with Crippen molar-refractivity contribution in [1.82, 2.24) is 20.1 Å².